The monoisotopic (exact) mass is 507 g/mol. The molecule has 1 aliphatic rings. The molecule has 0 radical (unpaired) electrons. The molecule has 2 rings (SSSR count). The Hall–Kier alpha value is -2.42. The molecule has 1 aliphatic heterocycles. The van der Waals surface area contributed by atoms with Gasteiger partial charge in [0.2, 0.25) is 0 Å². The summed E-state index contributed by atoms with van der Waals surface area (Å²) in [4.78, 5) is 49.2. The fourth-order valence-corrected chi connectivity index (χ4v) is 3.80. The minimum Gasteiger partial charge on any atom is -0.453 e. The average molecular weight is 508 g/mol. The molecule has 1 aromatic heterocycles. The second-order valence-corrected chi connectivity index (χ2v) is 8.60. The lowest BCUT2D eigenvalue weighted by atomic mass is 9.98. The van der Waals surface area contributed by atoms with Gasteiger partial charge < -0.3 is 29.4 Å². The van der Waals surface area contributed by atoms with Gasteiger partial charge in [-0.1, -0.05) is 0 Å². The van der Waals surface area contributed by atoms with Crippen LogP contribution in [0, 0.1) is 0 Å². The van der Waals surface area contributed by atoms with E-state index in [1.165, 1.54) is 11.8 Å². The van der Waals surface area contributed by atoms with Crippen molar-refractivity contribution in [1.82, 2.24) is 14.5 Å². The number of alkyl carbamates (subject to hydrolysis) is 1. The summed E-state index contributed by atoms with van der Waals surface area (Å²) in [5, 5.41) is 12.6. The summed E-state index contributed by atoms with van der Waals surface area (Å²) >= 11 is 1.44. The van der Waals surface area contributed by atoms with Crippen LogP contribution in [0.3, 0.4) is 0 Å². The number of esters is 1. The van der Waals surface area contributed by atoms with E-state index in [1.807, 2.05) is 6.26 Å². The standard InChI is InChI=1S/C20H30FN3O9S/c1-5-31-10-13-15(26)20(2,21)17(33-13)23-8-6-14(25)24(19(23)29)11-32-16(27)12(7-9-34-4)22-18(28)30-3/h6,8,12-13,15,17,26H,5,7,9-11H2,1-4H3,(H,22,28)/t12-,13-,15-,17-,20-/m1/s1. The van der Waals surface area contributed by atoms with E-state index in [-0.39, 0.29) is 13.0 Å². The van der Waals surface area contributed by atoms with Crippen LogP contribution in [0.15, 0.2) is 21.9 Å². The largest absolute Gasteiger partial charge is 0.453 e. The number of carbonyl (C=O) groups excluding carboxylic acids is 2. The van der Waals surface area contributed by atoms with Gasteiger partial charge in [0.05, 0.1) is 13.7 Å². The van der Waals surface area contributed by atoms with Gasteiger partial charge in [-0.3, -0.25) is 9.36 Å². The molecule has 1 aromatic rings. The number of nitrogens with zero attached hydrogens (tertiary/aromatic N) is 2. The number of thioether (sulfide) groups is 1. The van der Waals surface area contributed by atoms with Crippen molar-refractivity contribution in [3.05, 3.63) is 33.1 Å². The number of aromatic nitrogens is 2. The van der Waals surface area contributed by atoms with Gasteiger partial charge in [0.1, 0.15) is 18.2 Å². The van der Waals surface area contributed by atoms with E-state index in [4.69, 9.17) is 14.2 Å². The highest BCUT2D eigenvalue weighted by molar-refractivity contribution is 7.98. The summed E-state index contributed by atoms with van der Waals surface area (Å²) in [6.45, 7) is 2.24. The van der Waals surface area contributed by atoms with Crippen molar-refractivity contribution in [2.75, 3.05) is 32.3 Å². The average Bonchev–Trinajstić information content (AvgIpc) is 3.03. The Labute approximate surface area is 199 Å². The summed E-state index contributed by atoms with van der Waals surface area (Å²) in [5.41, 5.74) is -4.20. The van der Waals surface area contributed by atoms with Crippen molar-refractivity contribution in [3.63, 3.8) is 0 Å². The van der Waals surface area contributed by atoms with Gasteiger partial charge >= 0.3 is 17.8 Å². The lowest BCUT2D eigenvalue weighted by Crippen LogP contribution is -2.47. The third-order valence-corrected chi connectivity index (χ3v) is 5.90. The molecule has 1 amide bonds. The SMILES string of the molecule is CCOC[C@H]1O[C@@H](n2ccc(=O)n(COC(=O)[C@@H](CCSC)NC(=O)OC)c2=O)[C@](C)(F)[C@@H]1O. The van der Waals surface area contributed by atoms with E-state index in [9.17, 15) is 24.3 Å². The van der Waals surface area contributed by atoms with Crippen LogP contribution in [0.4, 0.5) is 9.18 Å². The number of rotatable bonds is 11. The van der Waals surface area contributed by atoms with Crippen LogP contribution in [-0.4, -0.2) is 82.6 Å². The molecule has 0 saturated carbocycles. The maximum Gasteiger partial charge on any atom is 0.407 e. The molecule has 0 aromatic carbocycles. The zero-order chi connectivity index (χ0) is 25.5. The second-order valence-electron chi connectivity index (χ2n) is 7.62. The second kappa shape index (κ2) is 12.3. The Morgan fingerprint density at radius 2 is 2.12 bits per heavy atom. The smallest absolute Gasteiger partial charge is 0.407 e. The van der Waals surface area contributed by atoms with E-state index in [0.717, 1.165) is 30.9 Å². The summed E-state index contributed by atoms with van der Waals surface area (Å²) < 4.78 is 37.0. The highest BCUT2D eigenvalue weighted by Crippen LogP contribution is 2.40. The molecule has 0 spiro atoms. The number of hydrogen-bond acceptors (Lipinski definition) is 10. The third-order valence-electron chi connectivity index (χ3n) is 5.26. The molecule has 0 unspecified atom stereocenters. The summed E-state index contributed by atoms with van der Waals surface area (Å²) in [5.74, 6) is -0.373. The van der Waals surface area contributed by atoms with E-state index < -0.39 is 60.2 Å². The minimum atomic E-state index is -2.38. The van der Waals surface area contributed by atoms with E-state index >= 15 is 4.39 Å². The number of nitrogens with one attached hydrogen (secondary N) is 1. The maximum absolute atomic E-state index is 15.3. The molecular formula is C20H30FN3O9S. The van der Waals surface area contributed by atoms with E-state index in [0.29, 0.717) is 16.9 Å². The molecule has 1 saturated heterocycles. The van der Waals surface area contributed by atoms with Crippen molar-refractivity contribution >= 4 is 23.8 Å². The summed E-state index contributed by atoms with van der Waals surface area (Å²) in [6, 6.07) is -0.0854. The molecule has 5 atom stereocenters. The molecule has 12 nitrogen and oxygen atoms in total. The molecule has 0 bridgehead atoms. The molecule has 14 heteroatoms. The Balaban J connectivity index is 2.24. The lowest BCUT2D eigenvalue weighted by Gasteiger charge is -2.25. The molecular weight excluding hydrogens is 477 g/mol. The summed E-state index contributed by atoms with van der Waals surface area (Å²) in [6.07, 6.45) is -1.95. The normalized spacial score (nSPS) is 25.1. The maximum atomic E-state index is 15.3. The first-order chi connectivity index (χ1) is 16.1. The first kappa shape index (κ1) is 27.8. The predicted molar refractivity (Wildman–Crippen MR) is 119 cm³/mol. The van der Waals surface area contributed by atoms with Gasteiger partial charge in [0.15, 0.2) is 18.6 Å². The van der Waals surface area contributed by atoms with Gasteiger partial charge in [-0.25, -0.2) is 23.3 Å². The number of methoxy groups -OCH3 is 1. The van der Waals surface area contributed by atoms with Crippen LogP contribution in [-0.2, 0) is 30.5 Å². The lowest BCUT2D eigenvalue weighted by molar-refractivity contribution is -0.150. The topological polar surface area (TPSA) is 147 Å². The van der Waals surface area contributed by atoms with Crippen molar-refractivity contribution in [1.29, 1.82) is 0 Å². The van der Waals surface area contributed by atoms with E-state index in [2.05, 4.69) is 10.1 Å². The number of halogens is 1. The van der Waals surface area contributed by atoms with Crippen LogP contribution in [0.1, 0.15) is 26.5 Å². The third kappa shape index (κ3) is 6.37. The number of ether oxygens (including phenoxy) is 4. The number of aliphatic hydroxyl groups is 1. The number of amides is 1. The van der Waals surface area contributed by atoms with Crippen LogP contribution < -0.4 is 16.6 Å². The number of carbonyl (C=O) groups is 2. The van der Waals surface area contributed by atoms with Gasteiger partial charge in [-0.05, 0) is 32.3 Å². The van der Waals surface area contributed by atoms with Crippen molar-refractivity contribution in [2.45, 2.75) is 57.1 Å². The zero-order valence-corrected chi connectivity index (χ0v) is 20.2. The zero-order valence-electron chi connectivity index (χ0n) is 19.4. The number of alkyl halides is 1. The Kier molecular flexibility index (Phi) is 10.1. The van der Waals surface area contributed by atoms with Crippen LogP contribution in [0.25, 0.3) is 0 Å². The van der Waals surface area contributed by atoms with E-state index in [1.54, 1.807) is 6.92 Å². The first-order valence-corrected chi connectivity index (χ1v) is 11.9. The van der Waals surface area contributed by atoms with Crippen molar-refractivity contribution in [3.8, 4) is 0 Å². The van der Waals surface area contributed by atoms with Gasteiger partial charge in [0, 0.05) is 18.9 Å². The fourth-order valence-electron chi connectivity index (χ4n) is 3.33. The van der Waals surface area contributed by atoms with Gasteiger partial charge in [0.25, 0.3) is 5.56 Å². The molecule has 2 N–H and O–H groups in total. The highest BCUT2D eigenvalue weighted by Gasteiger charge is 2.55. The Bertz CT molecular complexity index is 967. The van der Waals surface area contributed by atoms with Crippen molar-refractivity contribution in [2.24, 2.45) is 0 Å². The van der Waals surface area contributed by atoms with Crippen LogP contribution in [0.2, 0.25) is 0 Å². The van der Waals surface area contributed by atoms with Gasteiger partial charge in [-0.2, -0.15) is 11.8 Å². The molecule has 2 heterocycles. The molecule has 192 valence electrons. The Morgan fingerprint density at radius 3 is 2.74 bits per heavy atom. The molecule has 0 aliphatic carbocycles. The van der Waals surface area contributed by atoms with Crippen LogP contribution in [0.5, 0.6) is 0 Å². The minimum absolute atomic E-state index is 0.0929. The fraction of sp³-hybridized carbons (Fsp3) is 0.700. The Morgan fingerprint density at radius 1 is 1.41 bits per heavy atom. The van der Waals surface area contributed by atoms with Gasteiger partial charge in [-0.15, -0.1) is 0 Å². The summed E-state index contributed by atoms with van der Waals surface area (Å²) in [7, 11) is 1.14. The number of hydrogen-bond donors (Lipinski definition) is 2. The first-order valence-electron chi connectivity index (χ1n) is 10.5. The quantitative estimate of drug-likeness (QED) is 0.393. The highest BCUT2D eigenvalue weighted by atomic mass is 32.2. The van der Waals surface area contributed by atoms with Crippen molar-refractivity contribution < 1.29 is 38.0 Å². The molecule has 1 fully saturated rings. The molecule has 34 heavy (non-hydrogen) atoms. The predicted octanol–water partition coefficient (Wildman–Crippen LogP) is 0.0114. The van der Waals surface area contributed by atoms with Crippen LogP contribution >= 0.6 is 11.8 Å². The number of aliphatic hydroxyl groups excluding tert-OH is 1.